The SMILES string of the molecule is CCC(=O)Nc1ccc(-c2ccc(F)cc2)n(Cc2cncc(N(C)c3ccc(F)cc3)c2)c1=O. The van der Waals surface area contributed by atoms with Crippen molar-refractivity contribution in [3.63, 3.8) is 0 Å². The molecule has 0 bridgehead atoms. The number of halogens is 2. The molecule has 0 saturated carbocycles. The van der Waals surface area contributed by atoms with E-state index in [-0.39, 0.29) is 41.8 Å². The van der Waals surface area contributed by atoms with E-state index in [4.69, 9.17) is 0 Å². The molecular formula is C27H24F2N4O2. The van der Waals surface area contributed by atoms with Gasteiger partial charge < -0.3 is 14.8 Å². The number of anilines is 3. The highest BCUT2D eigenvalue weighted by atomic mass is 19.1. The summed E-state index contributed by atoms with van der Waals surface area (Å²) in [5, 5.41) is 2.64. The maximum absolute atomic E-state index is 13.5. The first-order valence-corrected chi connectivity index (χ1v) is 11.1. The Kier molecular flexibility index (Phi) is 7.01. The van der Waals surface area contributed by atoms with Gasteiger partial charge in [0.1, 0.15) is 17.3 Å². The molecule has 4 aromatic rings. The van der Waals surface area contributed by atoms with Crippen molar-refractivity contribution in [2.45, 2.75) is 19.9 Å². The fourth-order valence-electron chi connectivity index (χ4n) is 3.68. The molecule has 0 aliphatic rings. The summed E-state index contributed by atoms with van der Waals surface area (Å²) >= 11 is 0. The summed E-state index contributed by atoms with van der Waals surface area (Å²) in [6.07, 6.45) is 3.56. The Balaban J connectivity index is 1.74. The van der Waals surface area contributed by atoms with E-state index in [9.17, 15) is 18.4 Å². The maximum Gasteiger partial charge on any atom is 0.275 e. The number of nitrogens with zero attached hydrogens (tertiary/aromatic N) is 3. The van der Waals surface area contributed by atoms with Gasteiger partial charge in [0.25, 0.3) is 5.56 Å². The van der Waals surface area contributed by atoms with Gasteiger partial charge in [0.2, 0.25) is 5.91 Å². The van der Waals surface area contributed by atoms with Crippen LogP contribution in [0.1, 0.15) is 18.9 Å². The topological polar surface area (TPSA) is 67.2 Å². The van der Waals surface area contributed by atoms with Crippen LogP contribution in [-0.2, 0) is 11.3 Å². The Morgan fingerprint density at radius 2 is 1.60 bits per heavy atom. The predicted octanol–water partition coefficient (Wildman–Crippen LogP) is 5.35. The summed E-state index contributed by atoms with van der Waals surface area (Å²) in [5.41, 5.74) is 3.27. The lowest BCUT2D eigenvalue weighted by molar-refractivity contribution is -0.115. The van der Waals surface area contributed by atoms with E-state index >= 15 is 0 Å². The second kappa shape index (κ2) is 10.3. The summed E-state index contributed by atoms with van der Waals surface area (Å²) in [6.45, 7) is 1.87. The first-order valence-electron chi connectivity index (χ1n) is 11.1. The summed E-state index contributed by atoms with van der Waals surface area (Å²) < 4.78 is 28.4. The van der Waals surface area contributed by atoms with Gasteiger partial charge in [0.05, 0.1) is 24.1 Å². The average molecular weight is 475 g/mol. The molecular weight excluding hydrogens is 450 g/mol. The Bertz CT molecular complexity index is 1400. The van der Waals surface area contributed by atoms with Crippen molar-refractivity contribution < 1.29 is 13.6 Å². The van der Waals surface area contributed by atoms with Crippen molar-refractivity contribution in [1.82, 2.24) is 9.55 Å². The minimum Gasteiger partial charge on any atom is -0.343 e. The van der Waals surface area contributed by atoms with Crippen LogP contribution in [0.3, 0.4) is 0 Å². The van der Waals surface area contributed by atoms with E-state index in [1.165, 1.54) is 28.8 Å². The molecule has 0 atom stereocenters. The monoisotopic (exact) mass is 474 g/mol. The second-order valence-corrected chi connectivity index (χ2v) is 8.02. The Labute approximate surface area is 201 Å². The zero-order valence-corrected chi connectivity index (χ0v) is 19.3. The molecule has 0 spiro atoms. The van der Waals surface area contributed by atoms with Crippen molar-refractivity contribution >= 4 is 23.0 Å². The number of rotatable bonds is 7. The number of pyridine rings is 2. The minimum absolute atomic E-state index is 0.162. The number of amides is 1. The van der Waals surface area contributed by atoms with Crippen LogP contribution in [0.15, 0.2) is 83.9 Å². The summed E-state index contributed by atoms with van der Waals surface area (Å²) in [4.78, 5) is 31.5. The third-order valence-corrected chi connectivity index (χ3v) is 5.63. The Morgan fingerprint density at radius 3 is 2.26 bits per heavy atom. The van der Waals surface area contributed by atoms with Gasteiger partial charge in [-0.15, -0.1) is 0 Å². The normalized spacial score (nSPS) is 10.7. The van der Waals surface area contributed by atoms with E-state index < -0.39 is 0 Å². The number of hydrogen-bond acceptors (Lipinski definition) is 4. The first-order chi connectivity index (χ1) is 16.9. The molecule has 0 fully saturated rings. The molecule has 1 amide bonds. The average Bonchev–Trinajstić information content (AvgIpc) is 2.87. The highest BCUT2D eigenvalue weighted by Gasteiger charge is 2.14. The van der Waals surface area contributed by atoms with Gasteiger partial charge in [-0.1, -0.05) is 6.92 Å². The van der Waals surface area contributed by atoms with Gasteiger partial charge in [-0.25, -0.2) is 8.78 Å². The van der Waals surface area contributed by atoms with Crippen molar-refractivity contribution in [2.75, 3.05) is 17.3 Å². The molecule has 35 heavy (non-hydrogen) atoms. The van der Waals surface area contributed by atoms with Gasteiger partial charge in [0, 0.05) is 25.4 Å². The first kappa shape index (κ1) is 23.8. The lowest BCUT2D eigenvalue weighted by Crippen LogP contribution is -2.27. The predicted molar refractivity (Wildman–Crippen MR) is 133 cm³/mol. The molecule has 2 aromatic carbocycles. The van der Waals surface area contributed by atoms with Crippen LogP contribution in [0.4, 0.5) is 25.8 Å². The van der Waals surface area contributed by atoms with Crippen LogP contribution in [0.5, 0.6) is 0 Å². The third-order valence-electron chi connectivity index (χ3n) is 5.63. The van der Waals surface area contributed by atoms with Gasteiger partial charge >= 0.3 is 0 Å². The largest absolute Gasteiger partial charge is 0.343 e. The minimum atomic E-state index is -0.383. The fourth-order valence-corrected chi connectivity index (χ4v) is 3.68. The molecule has 8 heteroatoms. The molecule has 0 unspecified atom stereocenters. The number of nitrogens with one attached hydrogen (secondary N) is 1. The number of aromatic nitrogens is 2. The standard InChI is InChI=1S/C27H24F2N4O2/c1-3-26(34)31-24-12-13-25(19-4-6-20(28)7-5-19)33(27(24)35)17-18-14-23(16-30-15-18)32(2)22-10-8-21(29)9-11-22/h4-16H,3,17H2,1-2H3,(H,31,34). The van der Waals surface area contributed by atoms with Crippen LogP contribution in [0.25, 0.3) is 11.3 Å². The van der Waals surface area contributed by atoms with Crippen molar-refractivity contribution in [2.24, 2.45) is 0 Å². The lowest BCUT2D eigenvalue weighted by Gasteiger charge is -2.20. The van der Waals surface area contributed by atoms with Crippen LogP contribution in [0.2, 0.25) is 0 Å². The quantitative estimate of drug-likeness (QED) is 0.392. The lowest BCUT2D eigenvalue weighted by atomic mass is 10.1. The van der Waals surface area contributed by atoms with Gasteiger partial charge in [0.15, 0.2) is 0 Å². The summed E-state index contributed by atoms with van der Waals surface area (Å²) in [7, 11) is 1.84. The zero-order chi connectivity index (χ0) is 24.9. The van der Waals surface area contributed by atoms with Gasteiger partial charge in [-0.05, 0) is 77.9 Å². The van der Waals surface area contributed by atoms with E-state index in [2.05, 4.69) is 10.3 Å². The smallest absolute Gasteiger partial charge is 0.275 e. The highest BCUT2D eigenvalue weighted by molar-refractivity contribution is 5.90. The Morgan fingerprint density at radius 1 is 0.943 bits per heavy atom. The van der Waals surface area contributed by atoms with Crippen LogP contribution in [-0.4, -0.2) is 22.5 Å². The van der Waals surface area contributed by atoms with E-state index in [0.717, 1.165) is 16.9 Å². The van der Waals surface area contributed by atoms with Gasteiger partial charge in [-0.2, -0.15) is 0 Å². The zero-order valence-electron chi connectivity index (χ0n) is 19.3. The third kappa shape index (κ3) is 5.43. The highest BCUT2D eigenvalue weighted by Crippen LogP contribution is 2.25. The number of carbonyl (C=O) groups is 1. The number of hydrogen-bond donors (Lipinski definition) is 1. The van der Waals surface area contributed by atoms with E-state index in [1.807, 2.05) is 18.0 Å². The Hall–Kier alpha value is -4.33. The second-order valence-electron chi connectivity index (χ2n) is 8.02. The molecule has 2 aromatic heterocycles. The molecule has 2 heterocycles. The van der Waals surface area contributed by atoms with Gasteiger partial charge in [-0.3, -0.25) is 14.6 Å². The van der Waals surface area contributed by atoms with Crippen LogP contribution < -0.4 is 15.8 Å². The van der Waals surface area contributed by atoms with E-state index in [0.29, 0.717) is 11.3 Å². The molecule has 1 N–H and O–H groups in total. The molecule has 178 valence electrons. The fraction of sp³-hybridized carbons (Fsp3) is 0.148. The number of carbonyl (C=O) groups excluding carboxylic acids is 1. The molecule has 0 aliphatic carbocycles. The molecule has 0 aliphatic heterocycles. The maximum atomic E-state index is 13.5. The van der Waals surface area contributed by atoms with Crippen LogP contribution >= 0.6 is 0 Å². The molecule has 4 rings (SSSR count). The van der Waals surface area contributed by atoms with Crippen LogP contribution in [0, 0.1) is 11.6 Å². The van der Waals surface area contributed by atoms with Crippen molar-refractivity contribution in [3.05, 3.63) is 107 Å². The summed E-state index contributed by atoms with van der Waals surface area (Å²) in [6, 6.07) is 17.1. The van der Waals surface area contributed by atoms with Crippen molar-refractivity contribution in [3.8, 4) is 11.3 Å². The molecule has 6 nitrogen and oxygen atoms in total. The summed E-state index contributed by atoms with van der Waals surface area (Å²) in [5.74, 6) is -0.972. The molecule has 0 radical (unpaired) electrons. The molecule has 0 saturated heterocycles. The number of benzene rings is 2. The van der Waals surface area contributed by atoms with E-state index in [1.54, 1.807) is 55.7 Å². The van der Waals surface area contributed by atoms with Crippen molar-refractivity contribution in [1.29, 1.82) is 0 Å².